The third kappa shape index (κ3) is 5.02. The molecule has 0 amide bonds. The second-order valence-electron chi connectivity index (χ2n) is 7.25. The highest BCUT2D eigenvalue weighted by molar-refractivity contribution is 7.86. The number of fused-ring (bicyclic) bond motifs is 1. The van der Waals surface area contributed by atoms with E-state index < -0.39 is 10.1 Å². The summed E-state index contributed by atoms with van der Waals surface area (Å²) in [5.41, 5.74) is 2.89. The number of anilines is 1. The molecule has 1 unspecified atom stereocenters. The summed E-state index contributed by atoms with van der Waals surface area (Å²) in [6.07, 6.45) is 1.40. The summed E-state index contributed by atoms with van der Waals surface area (Å²) in [6, 6.07) is 17.9. The van der Waals surface area contributed by atoms with Gasteiger partial charge in [-0.2, -0.15) is 8.42 Å². The Labute approximate surface area is 171 Å². The number of nitrogens with one attached hydrogen (secondary N) is 1. The van der Waals surface area contributed by atoms with Crippen molar-refractivity contribution in [3.63, 3.8) is 0 Å². The molecule has 1 atom stereocenters. The molecule has 3 aromatic rings. The second-order valence-corrected chi connectivity index (χ2v) is 8.64. The quantitative estimate of drug-likeness (QED) is 0.519. The fourth-order valence-electron chi connectivity index (χ4n) is 3.33. The van der Waals surface area contributed by atoms with Gasteiger partial charge >= 0.3 is 0 Å². The van der Waals surface area contributed by atoms with Gasteiger partial charge in [-0.05, 0) is 35.6 Å². The number of hydrogen-bond acceptors (Lipinski definition) is 4. The van der Waals surface area contributed by atoms with Gasteiger partial charge in [0, 0.05) is 22.9 Å². The molecule has 0 aromatic heterocycles. The maximum atomic E-state index is 12.4. The normalized spacial score (nSPS) is 12.7. The zero-order chi connectivity index (χ0) is 21.0. The Morgan fingerprint density at radius 3 is 2.28 bits per heavy atom. The molecule has 0 saturated heterocycles. The Morgan fingerprint density at radius 1 is 1.00 bits per heavy atom. The second kappa shape index (κ2) is 8.76. The first-order valence-electron chi connectivity index (χ1n) is 9.63. The van der Waals surface area contributed by atoms with Crippen molar-refractivity contribution >= 4 is 32.4 Å². The summed E-state index contributed by atoms with van der Waals surface area (Å²) < 4.78 is 32.6. The lowest BCUT2D eigenvalue weighted by Crippen LogP contribution is -2.16. The molecule has 0 aliphatic rings. The molecule has 0 radical (unpaired) electrons. The molecule has 29 heavy (non-hydrogen) atoms. The van der Waals surface area contributed by atoms with Crippen molar-refractivity contribution in [2.24, 2.45) is 0 Å². The van der Waals surface area contributed by atoms with Crippen LogP contribution in [0.2, 0.25) is 0 Å². The van der Waals surface area contributed by atoms with Gasteiger partial charge in [-0.25, -0.2) is 0 Å². The molecule has 2 N–H and O–H groups in total. The van der Waals surface area contributed by atoms with Crippen molar-refractivity contribution in [3.05, 3.63) is 71.8 Å². The van der Waals surface area contributed by atoms with Crippen LogP contribution >= 0.6 is 0 Å². The van der Waals surface area contributed by atoms with Gasteiger partial charge in [-0.15, -0.1) is 0 Å². The predicted octanol–water partition coefficient (Wildman–Crippen LogP) is 4.82. The summed E-state index contributed by atoms with van der Waals surface area (Å²) in [7, 11) is -4.32. The molecule has 0 aliphatic carbocycles. The standard InChI is InChI=1S/C23H25NO4S/c1-3-16(2)18-10-8-17(9-11-18)14-19(25)15-24-22-12-13-23(29(26,27)28)21-7-5-4-6-20(21)22/h4-13,16,24H,3,14-15H2,1-2H3,(H,26,27,28). The molecule has 0 heterocycles. The van der Waals surface area contributed by atoms with E-state index in [-0.39, 0.29) is 17.2 Å². The van der Waals surface area contributed by atoms with E-state index >= 15 is 0 Å². The van der Waals surface area contributed by atoms with Crippen molar-refractivity contribution in [2.45, 2.75) is 37.5 Å². The minimum Gasteiger partial charge on any atom is -0.377 e. The van der Waals surface area contributed by atoms with E-state index in [9.17, 15) is 17.8 Å². The average Bonchev–Trinajstić information content (AvgIpc) is 2.71. The Morgan fingerprint density at radius 2 is 1.66 bits per heavy atom. The highest BCUT2D eigenvalue weighted by Gasteiger charge is 2.16. The highest BCUT2D eigenvalue weighted by atomic mass is 32.2. The van der Waals surface area contributed by atoms with E-state index in [1.165, 1.54) is 11.6 Å². The molecular formula is C23H25NO4S. The van der Waals surface area contributed by atoms with Gasteiger partial charge in [0.15, 0.2) is 5.78 Å². The highest BCUT2D eigenvalue weighted by Crippen LogP contribution is 2.29. The lowest BCUT2D eigenvalue weighted by molar-refractivity contribution is -0.116. The lowest BCUT2D eigenvalue weighted by Gasteiger charge is -2.12. The first-order chi connectivity index (χ1) is 13.8. The van der Waals surface area contributed by atoms with Crippen LogP contribution in [0.15, 0.2) is 65.6 Å². The van der Waals surface area contributed by atoms with Crippen LogP contribution in [0.5, 0.6) is 0 Å². The summed E-state index contributed by atoms with van der Waals surface area (Å²) >= 11 is 0. The summed E-state index contributed by atoms with van der Waals surface area (Å²) in [5, 5.41) is 4.14. The van der Waals surface area contributed by atoms with Crippen LogP contribution in [0.3, 0.4) is 0 Å². The smallest absolute Gasteiger partial charge is 0.295 e. The third-order valence-electron chi connectivity index (χ3n) is 5.20. The Hall–Kier alpha value is -2.70. The lowest BCUT2D eigenvalue weighted by atomic mass is 9.96. The molecule has 0 saturated carbocycles. The van der Waals surface area contributed by atoms with Gasteiger partial charge in [0.25, 0.3) is 10.1 Å². The number of carbonyl (C=O) groups is 1. The number of Topliss-reactive ketones (excluding diaryl/α,β-unsaturated/α-hetero) is 1. The van der Waals surface area contributed by atoms with E-state index in [2.05, 4.69) is 31.3 Å². The van der Waals surface area contributed by atoms with E-state index in [0.717, 1.165) is 12.0 Å². The maximum Gasteiger partial charge on any atom is 0.295 e. The molecule has 5 nitrogen and oxygen atoms in total. The molecular weight excluding hydrogens is 386 g/mol. The van der Waals surface area contributed by atoms with Crippen LogP contribution in [-0.2, 0) is 21.3 Å². The van der Waals surface area contributed by atoms with Crippen molar-refractivity contribution in [1.82, 2.24) is 0 Å². The third-order valence-corrected chi connectivity index (χ3v) is 6.11. The van der Waals surface area contributed by atoms with Crippen LogP contribution in [0.1, 0.15) is 37.3 Å². The average molecular weight is 412 g/mol. The van der Waals surface area contributed by atoms with Crippen LogP contribution in [0, 0.1) is 0 Å². The topological polar surface area (TPSA) is 83.5 Å². The minimum absolute atomic E-state index is 0.0317. The van der Waals surface area contributed by atoms with Crippen molar-refractivity contribution in [1.29, 1.82) is 0 Å². The van der Waals surface area contributed by atoms with Crippen LogP contribution in [0.25, 0.3) is 10.8 Å². The first-order valence-corrected chi connectivity index (χ1v) is 11.1. The molecule has 0 spiro atoms. The Balaban J connectivity index is 1.71. The van der Waals surface area contributed by atoms with E-state index in [1.54, 1.807) is 30.3 Å². The zero-order valence-corrected chi connectivity index (χ0v) is 17.4. The van der Waals surface area contributed by atoms with Gasteiger partial charge in [-0.3, -0.25) is 9.35 Å². The zero-order valence-electron chi connectivity index (χ0n) is 16.6. The van der Waals surface area contributed by atoms with Gasteiger partial charge in [0.2, 0.25) is 0 Å². The van der Waals surface area contributed by atoms with Crippen molar-refractivity contribution < 1.29 is 17.8 Å². The first kappa shape index (κ1) is 21.0. The molecule has 0 aliphatic heterocycles. The predicted molar refractivity (Wildman–Crippen MR) is 116 cm³/mol. The molecule has 3 aromatic carbocycles. The van der Waals surface area contributed by atoms with Gasteiger partial charge < -0.3 is 5.32 Å². The number of hydrogen-bond donors (Lipinski definition) is 2. The summed E-state index contributed by atoms with van der Waals surface area (Å²) in [6.45, 7) is 4.46. The Kier molecular flexibility index (Phi) is 6.35. The number of rotatable bonds is 8. The largest absolute Gasteiger partial charge is 0.377 e. The molecule has 0 fully saturated rings. The molecule has 6 heteroatoms. The van der Waals surface area contributed by atoms with E-state index in [0.29, 0.717) is 28.8 Å². The van der Waals surface area contributed by atoms with E-state index in [1.807, 2.05) is 12.1 Å². The maximum absolute atomic E-state index is 12.4. The summed E-state index contributed by atoms with van der Waals surface area (Å²) in [5.74, 6) is 0.532. The fourth-order valence-corrected chi connectivity index (χ4v) is 4.03. The van der Waals surface area contributed by atoms with E-state index in [4.69, 9.17) is 0 Å². The van der Waals surface area contributed by atoms with Crippen LogP contribution in [-0.4, -0.2) is 25.3 Å². The summed E-state index contributed by atoms with van der Waals surface area (Å²) in [4.78, 5) is 12.3. The number of benzene rings is 3. The van der Waals surface area contributed by atoms with Crippen molar-refractivity contribution in [3.8, 4) is 0 Å². The van der Waals surface area contributed by atoms with Crippen molar-refractivity contribution in [2.75, 3.05) is 11.9 Å². The monoisotopic (exact) mass is 411 g/mol. The fraction of sp³-hybridized carbons (Fsp3) is 0.261. The molecule has 152 valence electrons. The van der Waals surface area contributed by atoms with Crippen LogP contribution in [0.4, 0.5) is 5.69 Å². The number of carbonyl (C=O) groups excluding carboxylic acids is 1. The number of ketones is 1. The van der Waals surface area contributed by atoms with Gasteiger partial charge in [-0.1, -0.05) is 62.4 Å². The molecule has 0 bridgehead atoms. The van der Waals surface area contributed by atoms with Crippen LogP contribution < -0.4 is 5.32 Å². The molecule has 3 rings (SSSR count). The minimum atomic E-state index is -4.32. The van der Waals surface area contributed by atoms with Gasteiger partial charge in [0.1, 0.15) is 4.90 Å². The van der Waals surface area contributed by atoms with Gasteiger partial charge in [0.05, 0.1) is 6.54 Å². The SMILES string of the molecule is CCC(C)c1ccc(CC(=O)CNc2ccc(S(=O)(=O)O)c3ccccc23)cc1. The Bertz CT molecular complexity index is 1120.